The van der Waals surface area contributed by atoms with Gasteiger partial charge in [0.15, 0.2) is 0 Å². The fraction of sp³-hybridized carbons (Fsp3) is 0.618. The fourth-order valence-electron chi connectivity index (χ4n) is 8.43. The van der Waals surface area contributed by atoms with Crippen molar-refractivity contribution in [1.82, 2.24) is 58.5 Å². The van der Waals surface area contributed by atoms with E-state index in [1.807, 2.05) is 5.32 Å². The zero-order valence-electron chi connectivity index (χ0n) is 51.9. The van der Waals surface area contributed by atoms with Crippen LogP contribution in [0.1, 0.15) is 97.5 Å². The zero-order chi connectivity index (χ0) is 70.8. The van der Waals surface area contributed by atoms with E-state index in [9.17, 15) is 103 Å². The van der Waals surface area contributed by atoms with Gasteiger partial charge < -0.3 is 124 Å². The van der Waals surface area contributed by atoms with Crippen LogP contribution in [0.2, 0.25) is 0 Å². The van der Waals surface area contributed by atoms with Crippen LogP contribution in [0.25, 0.3) is 0 Å². The predicted molar refractivity (Wildman–Crippen MR) is 324 cm³/mol. The number of carboxylic acid groups (broad SMARTS) is 1. The minimum atomic E-state index is -2.09. The minimum absolute atomic E-state index is 0.00213. The van der Waals surface area contributed by atoms with Gasteiger partial charge in [-0.05, 0) is 91.3 Å². The van der Waals surface area contributed by atoms with Gasteiger partial charge in [0.1, 0.15) is 72.5 Å². The van der Waals surface area contributed by atoms with E-state index in [0.29, 0.717) is 24.8 Å². The van der Waals surface area contributed by atoms with E-state index in [1.54, 1.807) is 6.07 Å². The van der Waals surface area contributed by atoms with Gasteiger partial charge >= 0.3 is 5.97 Å². The number of hydrogen-bond donors (Lipinski definition) is 23. The average Bonchev–Trinajstić information content (AvgIpc) is 0.939. The molecule has 1 rings (SSSR count). The lowest BCUT2D eigenvalue weighted by Gasteiger charge is -2.28. The Morgan fingerprint density at radius 2 is 0.753 bits per heavy atom. The Labute approximate surface area is 534 Å². The van der Waals surface area contributed by atoms with Crippen LogP contribution in [0, 0.1) is 0 Å². The SMILES string of the molecule is C[C@H](NC(=O)[C@@H](NC(=O)[C@H](CC(N)=O)NC(=O)[C@H](Cc1ccccc1)NC(=O)[C@H](CC(N)=O)NC(=O)[C@H](CO)NC(=O)[C@H](CO)NC(=O)[C@H](CCC(N)=O)NC(=O)[C@@H](NC(=O)[C@H](CCCCN)NC(=O)[C@@H](N)[C@@H](C)O)[C@@H](C)O)[C@@H](C)O)C(=O)N[C@@H](CCCCN)C(=O)O. The summed E-state index contributed by atoms with van der Waals surface area (Å²) in [7, 11) is 0. The van der Waals surface area contributed by atoms with Crippen LogP contribution in [0.5, 0.6) is 0 Å². The standard InChI is InChI=1S/C55H91N17O21/c1-25(44(81)65-32(55(92)93)15-9-11-19-57)62-53(90)42(27(3)76)72-49(86)35(22-40(60)80)67-47(84)33(20-29-12-6-5-7-13-29)66-48(85)34(21-39(59)79)68-50(87)36(23-73)70-51(88)37(24-74)69-45(82)31(16-17-38(58)78)64-54(91)43(28(4)77)71-46(83)30(14-8-10-18-56)63-52(89)41(61)26(2)75/h5-7,12-13,25-28,30-37,41-43,73-77H,8-11,14-24,56-57,61H2,1-4H3,(H2,58,78)(H2,59,79)(H2,60,80)(H,62,90)(H,63,89)(H,64,91)(H,65,81)(H,66,85)(H,67,84)(H,68,87)(H,69,82)(H,70,88)(H,71,83)(H,72,86)(H,92,93)/t25-,26+,27+,28+,30-,31-,32-,33-,34-,35-,36-,37-,41-,42-,43-/m0/s1. The Morgan fingerprint density at radius 1 is 0.398 bits per heavy atom. The third-order valence-corrected chi connectivity index (χ3v) is 13.8. The number of amides is 14. The molecule has 0 aliphatic carbocycles. The molecule has 0 aliphatic heterocycles. The molecule has 0 aliphatic rings. The van der Waals surface area contributed by atoms with Crippen molar-refractivity contribution in [2.75, 3.05) is 26.3 Å². The Bertz CT molecular complexity index is 2730. The van der Waals surface area contributed by atoms with Gasteiger partial charge in [0.25, 0.3) is 0 Å². The monoisotopic (exact) mass is 1330 g/mol. The van der Waals surface area contributed by atoms with Crippen LogP contribution < -0.4 is 92.9 Å². The van der Waals surface area contributed by atoms with Crippen molar-refractivity contribution in [2.24, 2.45) is 34.4 Å². The number of rotatable bonds is 45. The number of hydrogen-bond acceptors (Lipinski definition) is 23. The molecule has 38 nitrogen and oxygen atoms in total. The zero-order valence-corrected chi connectivity index (χ0v) is 51.9. The molecule has 0 radical (unpaired) electrons. The maximum absolute atomic E-state index is 14.2. The molecular formula is C55H91N17O21. The first-order valence-corrected chi connectivity index (χ1v) is 29.5. The van der Waals surface area contributed by atoms with Crippen molar-refractivity contribution in [2.45, 2.75) is 189 Å². The number of unbranched alkanes of at least 4 members (excludes halogenated alkanes) is 2. The largest absolute Gasteiger partial charge is 0.480 e. The number of carbonyl (C=O) groups excluding carboxylic acids is 14. The highest BCUT2D eigenvalue weighted by Gasteiger charge is 2.38. The molecule has 0 saturated heterocycles. The van der Waals surface area contributed by atoms with Gasteiger partial charge in [-0.2, -0.15) is 0 Å². The molecule has 0 saturated carbocycles. The van der Waals surface area contributed by atoms with E-state index in [2.05, 4.69) is 53.2 Å². The van der Waals surface area contributed by atoms with Gasteiger partial charge in [-0.25, -0.2) is 4.79 Å². The first kappa shape index (κ1) is 82.0. The number of nitrogens with one attached hydrogen (secondary N) is 11. The van der Waals surface area contributed by atoms with E-state index in [0.717, 1.165) is 13.8 Å². The molecule has 15 atom stereocenters. The summed E-state index contributed by atoms with van der Waals surface area (Å²) in [4.78, 5) is 198. The summed E-state index contributed by atoms with van der Waals surface area (Å²) in [5, 5.41) is 85.3. The topological polar surface area (TPSA) is 666 Å². The van der Waals surface area contributed by atoms with Crippen molar-refractivity contribution in [3.63, 3.8) is 0 Å². The first-order chi connectivity index (χ1) is 43.6. The number of benzene rings is 1. The first-order valence-electron chi connectivity index (χ1n) is 29.5. The fourth-order valence-corrected chi connectivity index (χ4v) is 8.43. The highest BCUT2D eigenvalue weighted by Crippen LogP contribution is 2.10. The van der Waals surface area contributed by atoms with E-state index >= 15 is 0 Å². The molecular weight excluding hydrogens is 1230 g/mol. The third-order valence-electron chi connectivity index (χ3n) is 13.8. The lowest BCUT2D eigenvalue weighted by atomic mass is 10.0. The maximum Gasteiger partial charge on any atom is 0.326 e. The summed E-state index contributed by atoms with van der Waals surface area (Å²) in [6.45, 7) is 2.44. The van der Waals surface area contributed by atoms with Crippen LogP contribution in [0.4, 0.5) is 0 Å². The van der Waals surface area contributed by atoms with Crippen LogP contribution in [0.3, 0.4) is 0 Å². The highest BCUT2D eigenvalue weighted by molar-refractivity contribution is 6.01. The van der Waals surface area contributed by atoms with Crippen LogP contribution >= 0.6 is 0 Å². The van der Waals surface area contributed by atoms with E-state index in [4.69, 9.17) is 34.4 Å². The smallest absolute Gasteiger partial charge is 0.326 e. The van der Waals surface area contributed by atoms with Gasteiger partial charge in [0, 0.05) is 12.8 Å². The summed E-state index contributed by atoms with van der Waals surface area (Å²) in [5.41, 5.74) is 33.2. The van der Waals surface area contributed by atoms with Gasteiger partial charge in [-0.1, -0.05) is 30.3 Å². The molecule has 0 fully saturated rings. The number of aliphatic hydroxyl groups is 5. The van der Waals surface area contributed by atoms with Crippen LogP contribution in [-0.4, -0.2) is 236 Å². The second kappa shape index (κ2) is 42.2. The van der Waals surface area contributed by atoms with Gasteiger partial charge in [-0.3, -0.25) is 67.1 Å². The lowest BCUT2D eigenvalue weighted by molar-refractivity contribution is -0.142. The summed E-state index contributed by atoms with van der Waals surface area (Å²) < 4.78 is 0. The van der Waals surface area contributed by atoms with Crippen molar-refractivity contribution < 1.29 is 103 Å². The quantitative estimate of drug-likeness (QED) is 0.0270. The average molecular weight is 1330 g/mol. The van der Waals surface area contributed by atoms with Gasteiger partial charge in [0.2, 0.25) is 82.7 Å². The molecule has 0 unspecified atom stereocenters. The number of carboxylic acids is 1. The van der Waals surface area contributed by atoms with E-state index < -0.39 is 225 Å². The number of primary amides is 3. The lowest BCUT2D eigenvalue weighted by Crippen LogP contribution is -2.63. The molecule has 0 bridgehead atoms. The number of nitrogens with two attached hydrogens (primary N) is 6. The third kappa shape index (κ3) is 30.3. The molecule has 0 heterocycles. The number of carbonyl (C=O) groups is 15. The van der Waals surface area contributed by atoms with E-state index in [1.165, 1.54) is 38.1 Å². The van der Waals surface area contributed by atoms with Crippen molar-refractivity contribution >= 4 is 88.7 Å². The summed E-state index contributed by atoms with van der Waals surface area (Å²) in [6.07, 6.45) is -7.02. The number of aliphatic hydroxyl groups excluding tert-OH is 5. The van der Waals surface area contributed by atoms with Crippen molar-refractivity contribution in [3.05, 3.63) is 35.9 Å². The minimum Gasteiger partial charge on any atom is -0.480 e. The molecule has 1 aromatic rings. The molecule has 1 aromatic carbocycles. The molecule has 29 N–H and O–H groups in total. The molecule has 522 valence electrons. The van der Waals surface area contributed by atoms with E-state index in [-0.39, 0.29) is 32.4 Å². The molecule has 0 spiro atoms. The number of aliphatic carboxylic acids is 1. The summed E-state index contributed by atoms with van der Waals surface area (Å²) in [6, 6.07) is -13.6. The Kier molecular flexibility index (Phi) is 37.2. The normalized spacial score (nSPS) is 15.9. The second-order valence-corrected chi connectivity index (χ2v) is 21.7. The maximum atomic E-state index is 14.2. The van der Waals surface area contributed by atoms with Crippen LogP contribution in [-0.2, 0) is 78.3 Å². The van der Waals surface area contributed by atoms with Crippen LogP contribution in [0.15, 0.2) is 30.3 Å². The Morgan fingerprint density at radius 3 is 1.17 bits per heavy atom. The van der Waals surface area contributed by atoms with Gasteiger partial charge in [0.05, 0.1) is 44.4 Å². The summed E-state index contributed by atoms with van der Waals surface area (Å²) in [5.74, 6) is -18.3. The molecule has 0 aromatic heterocycles. The Balaban J connectivity index is 3.47. The predicted octanol–water partition coefficient (Wildman–Crippen LogP) is -11.6. The molecule has 93 heavy (non-hydrogen) atoms. The van der Waals surface area contributed by atoms with Crippen molar-refractivity contribution in [1.29, 1.82) is 0 Å². The summed E-state index contributed by atoms with van der Waals surface area (Å²) >= 11 is 0. The van der Waals surface area contributed by atoms with Gasteiger partial charge in [-0.15, -0.1) is 0 Å². The Hall–Kier alpha value is -9.05. The van der Waals surface area contributed by atoms with Crippen molar-refractivity contribution in [3.8, 4) is 0 Å². The molecule has 14 amide bonds. The second-order valence-electron chi connectivity index (χ2n) is 21.7. The molecule has 38 heteroatoms. The highest BCUT2D eigenvalue weighted by atomic mass is 16.4.